The maximum atomic E-state index is 10.9. The van der Waals surface area contributed by atoms with Gasteiger partial charge in [0.15, 0.2) is 5.78 Å². The van der Waals surface area contributed by atoms with E-state index in [-0.39, 0.29) is 23.8 Å². The van der Waals surface area contributed by atoms with Crippen LogP contribution in [0.3, 0.4) is 0 Å². The Morgan fingerprint density at radius 1 is 1.75 bits per heavy atom. The van der Waals surface area contributed by atoms with E-state index in [2.05, 4.69) is 4.98 Å². The quantitative estimate of drug-likeness (QED) is 0.625. The molecular formula is C8H10N2O2. The first-order chi connectivity index (χ1) is 5.66. The van der Waals surface area contributed by atoms with Gasteiger partial charge in [0.25, 0.3) is 0 Å². The van der Waals surface area contributed by atoms with Crippen LogP contribution in [0, 0.1) is 0 Å². The third-order valence-electron chi connectivity index (χ3n) is 1.56. The van der Waals surface area contributed by atoms with Crippen LogP contribution in [0.5, 0.6) is 5.75 Å². The Balaban J connectivity index is 3.23. The third-order valence-corrected chi connectivity index (χ3v) is 1.56. The van der Waals surface area contributed by atoms with Gasteiger partial charge in [-0.25, -0.2) is 4.98 Å². The molecule has 1 heterocycles. The Hall–Kier alpha value is -1.42. The number of nitrogens with two attached hydrogens (primary N) is 1. The monoisotopic (exact) mass is 166 g/mol. The van der Waals surface area contributed by atoms with Crippen molar-refractivity contribution in [2.45, 2.75) is 13.5 Å². The van der Waals surface area contributed by atoms with Crippen LogP contribution in [0.15, 0.2) is 12.3 Å². The fraction of sp³-hybridized carbons (Fsp3) is 0.250. The van der Waals surface area contributed by atoms with E-state index in [0.717, 1.165) is 0 Å². The molecular weight excluding hydrogens is 156 g/mol. The lowest BCUT2D eigenvalue weighted by Crippen LogP contribution is -2.03. The highest BCUT2D eigenvalue weighted by atomic mass is 16.3. The molecule has 1 rings (SSSR count). The van der Waals surface area contributed by atoms with Crippen molar-refractivity contribution < 1.29 is 9.90 Å². The number of hydrogen-bond acceptors (Lipinski definition) is 4. The standard InChI is InChI=1S/C8H10N2O2/c1-5(11)7-8(12)6(4-9)2-3-10-7/h2-3,12H,4,9H2,1H3. The fourth-order valence-electron chi connectivity index (χ4n) is 0.916. The molecule has 4 heteroatoms. The lowest BCUT2D eigenvalue weighted by molar-refractivity contribution is 0.101. The molecule has 0 fully saturated rings. The normalized spacial score (nSPS) is 9.83. The smallest absolute Gasteiger partial charge is 0.181 e. The number of hydrogen-bond donors (Lipinski definition) is 2. The fourth-order valence-corrected chi connectivity index (χ4v) is 0.916. The summed E-state index contributed by atoms with van der Waals surface area (Å²) < 4.78 is 0. The molecule has 0 saturated heterocycles. The highest BCUT2D eigenvalue weighted by Gasteiger charge is 2.10. The summed E-state index contributed by atoms with van der Waals surface area (Å²) >= 11 is 0. The van der Waals surface area contributed by atoms with Crippen molar-refractivity contribution >= 4 is 5.78 Å². The van der Waals surface area contributed by atoms with E-state index in [9.17, 15) is 9.90 Å². The minimum absolute atomic E-state index is 0.0814. The van der Waals surface area contributed by atoms with Crippen LogP contribution in [0.4, 0.5) is 0 Å². The number of pyridine rings is 1. The zero-order valence-electron chi connectivity index (χ0n) is 6.74. The summed E-state index contributed by atoms with van der Waals surface area (Å²) in [4.78, 5) is 14.6. The van der Waals surface area contributed by atoms with Crippen LogP contribution in [0.25, 0.3) is 0 Å². The number of carbonyl (C=O) groups excluding carboxylic acids is 1. The van der Waals surface area contributed by atoms with Crippen molar-refractivity contribution in [3.8, 4) is 5.75 Å². The van der Waals surface area contributed by atoms with Crippen LogP contribution >= 0.6 is 0 Å². The van der Waals surface area contributed by atoms with Gasteiger partial charge in [-0.2, -0.15) is 0 Å². The summed E-state index contributed by atoms with van der Waals surface area (Å²) in [5.74, 6) is -0.365. The highest BCUT2D eigenvalue weighted by Crippen LogP contribution is 2.19. The Morgan fingerprint density at radius 2 is 2.42 bits per heavy atom. The second kappa shape index (κ2) is 3.32. The molecule has 1 aromatic rings. The molecule has 0 saturated carbocycles. The van der Waals surface area contributed by atoms with Crippen LogP contribution in [0.2, 0.25) is 0 Å². The number of carbonyl (C=O) groups is 1. The zero-order chi connectivity index (χ0) is 9.14. The summed E-state index contributed by atoms with van der Waals surface area (Å²) in [6, 6.07) is 1.59. The van der Waals surface area contributed by atoms with Crippen molar-refractivity contribution in [1.82, 2.24) is 4.98 Å². The summed E-state index contributed by atoms with van der Waals surface area (Å²) in [6.07, 6.45) is 1.46. The van der Waals surface area contributed by atoms with E-state index in [1.807, 2.05) is 0 Å². The lowest BCUT2D eigenvalue weighted by atomic mass is 10.1. The molecule has 0 aromatic carbocycles. The number of rotatable bonds is 2. The summed E-state index contributed by atoms with van der Waals surface area (Å²) in [5.41, 5.74) is 5.94. The minimum Gasteiger partial charge on any atom is -0.505 e. The molecule has 12 heavy (non-hydrogen) atoms. The first-order valence-corrected chi connectivity index (χ1v) is 3.54. The molecule has 0 aliphatic rings. The average molecular weight is 166 g/mol. The maximum absolute atomic E-state index is 10.9. The van der Waals surface area contributed by atoms with Gasteiger partial charge in [0.2, 0.25) is 0 Å². The molecule has 3 N–H and O–H groups in total. The number of aromatic hydroxyl groups is 1. The summed E-state index contributed by atoms with van der Waals surface area (Å²) in [6.45, 7) is 1.55. The molecule has 0 bridgehead atoms. The van der Waals surface area contributed by atoms with Crippen molar-refractivity contribution in [2.24, 2.45) is 5.73 Å². The number of Topliss-reactive ketones (excluding diaryl/α,β-unsaturated/α-hetero) is 1. The number of ketones is 1. The van der Waals surface area contributed by atoms with E-state index in [1.165, 1.54) is 13.1 Å². The van der Waals surface area contributed by atoms with Crippen LogP contribution in [0.1, 0.15) is 23.0 Å². The van der Waals surface area contributed by atoms with Crippen LogP contribution < -0.4 is 5.73 Å². The van der Waals surface area contributed by atoms with Gasteiger partial charge in [0.1, 0.15) is 11.4 Å². The molecule has 0 atom stereocenters. The van der Waals surface area contributed by atoms with Gasteiger partial charge in [-0.1, -0.05) is 0 Å². The first kappa shape index (κ1) is 8.67. The van der Waals surface area contributed by atoms with E-state index >= 15 is 0 Å². The Kier molecular flexibility index (Phi) is 2.40. The molecule has 0 aliphatic carbocycles. The largest absolute Gasteiger partial charge is 0.505 e. The predicted octanol–water partition coefficient (Wildman–Crippen LogP) is 0.448. The molecule has 0 aliphatic heterocycles. The molecule has 64 valence electrons. The van der Waals surface area contributed by atoms with Crippen molar-refractivity contribution in [3.63, 3.8) is 0 Å². The van der Waals surface area contributed by atoms with Gasteiger partial charge >= 0.3 is 0 Å². The van der Waals surface area contributed by atoms with Crippen LogP contribution in [-0.4, -0.2) is 15.9 Å². The molecule has 0 radical (unpaired) electrons. The molecule has 4 nitrogen and oxygen atoms in total. The van der Waals surface area contributed by atoms with E-state index in [4.69, 9.17) is 5.73 Å². The lowest BCUT2D eigenvalue weighted by Gasteiger charge is -2.03. The third kappa shape index (κ3) is 1.43. The van der Waals surface area contributed by atoms with E-state index < -0.39 is 0 Å². The topological polar surface area (TPSA) is 76.2 Å². The second-order valence-corrected chi connectivity index (χ2v) is 2.43. The number of aromatic nitrogens is 1. The Morgan fingerprint density at radius 3 is 2.92 bits per heavy atom. The highest BCUT2D eigenvalue weighted by molar-refractivity contribution is 5.94. The van der Waals surface area contributed by atoms with Crippen molar-refractivity contribution in [3.05, 3.63) is 23.5 Å². The minimum atomic E-state index is -0.261. The summed E-state index contributed by atoms with van der Waals surface area (Å²) in [7, 11) is 0. The van der Waals surface area contributed by atoms with Gasteiger partial charge in [-0.3, -0.25) is 4.79 Å². The molecule has 0 amide bonds. The van der Waals surface area contributed by atoms with Gasteiger partial charge < -0.3 is 10.8 Å². The van der Waals surface area contributed by atoms with E-state index in [1.54, 1.807) is 6.07 Å². The van der Waals surface area contributed by atoms with Gasteiger partial charge in [-0.15, -0.1) is 0 Å². The van der Waals surface area contributed by atoms with Gasteiger partial charge in [0, 0.05) is 25.2 Å². The van der Waals surface area contributed by atoms with Crippen molar-refractivity contribution in [2.75, 3.05) is 0 Å². The number of nitrogens with zero attached hydrogens (tertiary/aromatic N) is 1. The van der Waals surface area contributed by atoms with Crippen molar-refractivity contribution in [1.29, 1.82) is 0 Å². The van der Waals surface area contributed by atoms with Gasteiger partial charge in [-0.05, 0) is 6.07 Å². The van der Waals surface area contributed by atoms with Crippen LogP contribution in [-0.2, 0) is 6.54 Å². The summed E-state index contributed by atoms with van der Waals surface area (Å²) in [5, 5.41) is 9.40. The van der Waals surface area contributed by atoms with E-state index in [0.29, 0.717) is 5.56 Å². The first-order valence-electron chi connectivity index (χ1n) is 3.54. The molecule has 1 aromatic heterocycles. The second-order valence-electron chi connectivity index (χ2n) is 2.43. The zero-order valence-corrected chi connectivity index (χ0v) is 6.74. The maximum Gasteiger partial charge on any atom is 0.181 e. The SMILES string of the molecule is CC(=O)c1nccc(CN)c1O. The van der Waals surface area contributed by atoms with Gasteiger partial charge in [0.05, 0.1) is 0 Å². The molecule has 0 unspecified atom stereocenters. The Bertz CT molecular complexity index is 310. The average Bonchev–Trinajstić information content (AvgIpc) is 2.04. The molecule has 0 spiro atoms. The predicted molar refractivity (Wildman–Crippen MR) is 43.8 cm³/mol. The Labute approximate surface area is 70.0 Å².